The van der Waals surface area contributed by atoms with Crippen molar-refractivity contribution >= 4 is 61.6 Å². The van der Waals surface area contributed by atoms with Crippen LogP contribution in [0.3, 0.4) is 0 Å². The number of anilines is 1. The van der Waals surface area contributed by atoms with Gasteiger partial charge in [0.1, 0.15) is 11.7 Å². The number of halogens is 2. The van der Waals surface area contributed by atoms with Crippen molar-refractivity contribution in [3.63, 3.8) is 0 Å². The van der Waals surface area contributed by atoms with Gasteiger partial charge in [-0.1, -0.05) is 40.6 Å². The number of aromatic nitrogens is 1. The number of nitrogens with one attached hydrogen (secondary N) is 1. The number of hydrogen-bond acceptors (Lipinski definition) is 6. The number of benzene rings is 2. The number of ether oxygens (including phenoxy) is 1. The Hall–Kier alpha value is -2.66. The molecule has 1 N–H and O–H groups in total. The Bertz CT molecular complexity index is 1090. The predicted octanol–water partition coefficient (Wildman–Crippen LogP) is 4.43. The highest BCUT2D eigenvalue weighted by Gasteiger charge is 2.28. The Labute approximate surface area is 168 Å². The van der Waals surface area contributed by atoms with E-state index in [1.165, 1.54) is 29.5 Å². The van der Waals surface area contributed by atoms with E-state index in [2.05, 4.69) is 10.3 Å². The molecule has 1 amide bonds. The Morgan fingerprint density at radius 1 is 1.22 bits per heavy atom. The Morgan fingerprint density at radius 3 is 2.67 bits per heavy atom. The van der Waals surface area contributed by atoms with Gasteiger partial charge in [0.15, 0.2) is 5.13 Å². The molecule has 27 heavy (non-hydrogen) atoms. The van der Waals surface area contributed by atoms with Crippen LogP contribution in [0.15, 0.2) is 36.4 Å². The maximum Gasteiger partial charge on any atom is 0.295 e. The van der Waals surface area contributed by atoms with Gasteiger partial charge in [-0.2, -0.15) is 5.26 Å². The second-order valence-corrected chi connectivity index (χ2v) is 7.25. The number of ketones is 1. The molecule has 0 saturated heterocycles. The summed E-state index contributed by atoms with van der Waals surface area (Å²) < 4.78 is 5.94. The van der Waals surface area contributed by atoms with Crippen LogP contribution in [0.5, 0.6) is 5.75 Å². The second-order valence-electron chi connectivity index (χ2n) is 5.41. The zero-order valence-corrected chi connectivity index (χ0v) is 16.2. The monoisotopic (exact) mass is 419 g/mol. The highest BCUT2D eigenvalue weighted by Crippen LogP contribution is 2.30. The van der Waals surface area contributed by atoms with Gasteiger partial charge in [0.2, 0.25) is 5.78 Å². The molecule has 9 heteroatoms. The summed E-state index contributed by atoms with van der Waals surface area (Å²) in [6, 6.07) is 11.4. The SMILES string of the molecule is COc1ccc2nc(NC(=O)C(=O)C(C#N)c3ccc(Cl)c(Cl)c3)sc2c1. The number of methoxy groups -OCH3 is 1. The van der Waals surface area contributed by atoms with Gasteiger partial charge in [0.25, 0.3) is 5.91 Å². The Morgan fingerprint density at radius 2 is 2.00 bits per heavy atom. The van der Waals surface area contributed by atoms with Gasteiger partial charge in [-0.3, -0.25) is 14.9 Å². The molecule has 1 atom stereocenters. The summed E-state index contributed by atoms with van der Waals surface area (Å²) in [6.45, 7) is 0. The van der Waals surface area contributed by atoms with Gasteiger partial charge in [0, 0.05) is 0 Å². The standard InChI is InChI=1S/C18H11Cl2N3O3S/c1-26-10-3-5-14-15(7-10)27-18(22-14)23-17(25)16(24)11(8-21)9-2-4-12(19)13(20)6-9/h2-7,11H,1H3,(H,22,23,25). The van der Waals surface area contributed by atoms with Crippen LogP contribution in [0.4, 0.5) is 5.13 Å². The van der Waals surface area contributed by atoms with Gasteiger partial charge in [-0.25, -0.2) is 4.98 Å². The van der Waals surface area contributed by atoms with Crippen molar-refractivity contribution < 1.29 is 14.3 Å². The lowest BCUT2D eigenvalue weighted by molar-refractivity contribution is -0.135. The molecule has 0 radical (unpaired) electrons. The predicted molar refractivity (Wildman–Crippen MR) is 105 cm³/mol. The topological polar surface area (TPSA) is 92.1 Å². The number of Topliss-reactive ketones (excluding diaryl/α,β-unsaturated/α-hetero) is 1. The van der Waals surface area contributed by atoms with Crippen molar-refractivity contribution in [3.8, 4) is 11.8 Å². The first-order valence-electron chi connectivity index (χ1n) is 7.57. The molecule has 2 aromatic carbocycles. The molecule has 1 unspecified atom stereocenters. The van der Waals surface area contributed by atoms with E-state index < -0.39 is 17.6 Å². The smallest absolute Gasteiger partial charge is 0.295 e. The first-order valence-corrected chi connectivity index (χ1v) is 9.14. The summed E-state index contributed by atoms with van der Waals surface area (Å²) in [4.78, 5) is 29.0. The summed E-state index contributed by atoms with van der Waals surface area (Å²) in [5.74, 6) is -2.48. The summed E-state index contributed by atoms with van der Waals surface area (Å²) in [5, 5.41) is 12.5. The van der Waals surface area contributed by atoms with Gasteiger partial charge < -0.3 is 4.74 Å². The van der Waals surface area contributed by atoms with Crippen LogP contribution in [0.25, 0.3) is 10.2 Å². The molecular formula is C18H11Cl2N3O3S. The lowest BCUT2D eigenvalue weighted by Crippen LogP contribution is -2.27. The average molecular weight is 420 g/mol. The van der Waals surface area contributed by atoms with Crippen LogP contribution in [0, 0.1) is 11.3 Å². The fourth-order valence-corrected chi connectivity index (χ4v) is 3.55. The fourth-order valence-electron chi connectivity index (χ4n) is 2.35. The third-order valence-electron chi connectivity index (χ3n) is 3.71. The van der Waals surface area contributed by atoms with E-state index in [4.69, 9.17) is 27.9 Å². The molecule has 0 bridgehead atoms. The minimum Gasteiger partial charge on any atom is -0.497 e. The van der Waals surface area contributed by atoms with Crippen LogP contribution < -0.4 is 10.1 Å². The van der Waals surface area contributed by atoms with Crippen molar-refractivity contribution in [1.29, 1.82) is 5.26 Å². The number of fused-ring (bicyclic) bond motifs is 1. The zero-order valence-electron chi connectivity index (χ0n) is 13.8. The number of rotatable bonds is 5. The summed E-state index contributed by atoms with van der Waals surface area (Å²) >= 11 is 13.0. The minimum absolute atomic E-state index is 0.197. The van der Waals surface area contributed by atoms with Crippen molar-refractivity contribution in [1.82, 2.24) is 4.98 Å². The normalized spacial score (nSPS) is 11.6. The summed E-state index contributed by atoms with van der Waals surface area (Å²) in [6.07, 6.45) is 0. The maximum absolute atomic E-state index is 12.4. The molecule has 136 valence electrons. The highest BCUT2D eigenvalue weighted by atomic mass is 35.5. The first kappa shape index (κ1) is 19.1. The third kappa shape index (κ3) is 4.03. The molecule has 0 aliphatic heterocycles. The maximum atomic E-state index is 12.4. The van der Waals surface area contributed by atoms with Gasteiger partial charge in [0.05, 0.1) is 33.4 Å². The molecular weight excluding hydrogens is 409 g/mol. The lowest BCUT2D eigenvalue weighted by atomic mass is 9.96. The average Bonchev–Trinajstić information content (AvgIpc) is 3.06. The van der Waals surface area contributed by atoms with Crippen LogP contribution in [0.2, 0.25) is 10.0 Å². The molecule has 0 fully saturated rings. The van der Waals surface area contributed by atoms with Crippen LogP contribution in [-0.4, -0.2) is 23.8 Å². The third-order valence-corrected chi connectivity index (χ3v) is 5.38. The lowest BCUT2D eigenvalue weighted by Gasteiger charge is -2.09. The van der Waals surface area contributed by atoms with E-state index in [0.717, 1.165) is 4.70 Å². The largest absolute Gasteiger partial charge is 0.497 e. The number of thiazole rings is 1. The molecule has 0 spiro atoms. The second kappa shape index (κ2) is 7.92. The summed E-state index contributed by atoms with van der Waals surface area (Å²) in [7, 11) is 1.55. The molecule has 3 aromatic rings. The molecule has 3 rings (SSSR count). The van der Waals surface area contributed by atoms with Crippen LogP contribution in [0.1, 0.15) is 11.5 Å². The molecule has 0 aliphatic rings. The highest BCUT2D eigenvalue weighted by molar-refractivity contribution is 7.22. The van der Waals surface area contributed by atoms with E-state index in [0.29, 0.717) is 21.9 Å². The number of carbonyl (C=O) groups is 2. The number of hydrogen-bond donors (Lipinski definition) is 1. The quantitative estimate of drug-likeness (QED) is 0.617. The van der Waals surface area contributed by atoms with Crippen molar-refractivity contribution in [3.05, 3.63) is 52.0 Å². The van der Waals surface area contributed by atoms with Gasteiger partial charge in [-0.15, -0.1) is 0 Å². The van der Waals surface area contributed by atoms with Gasteiger partial charge >= 0.3 is 0 Å². The van der Waals surface area contributed by atoms with E-state index in [9.17, 15) is 14.9 Å². The molecule has 0 aliphatic carbocycles. The Balaban J connectivity index is 1.81. The number of amides is 1. The van der Waals surface area contributed by atoms with E-state index in [1.807, 2.05) is 6.07 Å². The molecule has 0 saturated carbocycles. The van der Waals surface area contributed by atoms with E-state index >= 15 is 0 Å². The minimum atomic E-state index is -1.30. The number of carbonyl (C=O) groups excluding carboxylic acids is 2. The number of nitrogens with zero attached hydrogens (tertiary/aromatic N) is 2. The van der Waals surface area contributed by atoms with Gasteiger partial charge in [-0.05, 0) is 35.9 Å². The zero-order chi connectivity index (χ0) is 19.6. The molecule has 6 nitrogen and oxygen atoms in total. The van der Waals surface area contributed by atoms with Crippen molar-refractivity contribution in [2.24, 2.45) is 0 Å². The van der Waals surface area contributed by atoms with Crippen molar-refractivity contribution in [2.75, 3.05) is 12.4 Å². The van der Waals surface area contributed by atoms with E-state index in [1.54, 1.807) is 25.3 Å². The fraction of sp³-hybridized carbons (Fsp3) is 0.111. The van der Waals surface area contributed by atoms with E-state index in [-0.39, 0.29) is 10.2 Å². The van der Waals surface area contributed by atoms with Crippen LogP contribution >= 0.6 is 34.5 Å². The Kier molecular flexibility index (Phi) is 5.61. The van der Waals surface area contributed by atoms with Crippen molar-refractivity contribution in [2.45, 2.75) is 5.92 Å². The molecule has 1 aromatic heterocycles. The first-order chi connectivity index (χ1) is 12.9. The van der Waals surface area contributed by atoms with Crippen LogP contribution in [-0.2, 0) is 9.59 Å². The summed E-state index contributed by atoms with van der Waals surface area (Å²) in [5.41, 5.74) is 0.950. The molecule has 1 heterocycles. The number of nitriles is 1.